The Bertz CT molecular complexity index is 136. The molecule has 0 unspecified atom stereocenters. The van der Waals surface area contributed by atoms with Crippen LogP contribution in [0.4, 0.5) is 0 Å². The van der Waals surface area contributed by atoms with E-state index in [4.69, 9.17) is 0 Å². The molecule has 0 bridgehead atoms. The first-order valence-electron chi connectivity index (χ1n) is 5.27. The van der Waals surface area contributed by atoms with Crippen LogP contribution >= 0.6 is 0 Å². The molecule has 0 aliphatic carbocycles. The average Bonchev–Trinajstić information content (AvgIpc) is 2.48. The van der Waals surface area contributed by atoms with Gasteiger partial charge in [-0.3, -0.25) is 4.90 Å². The molecule has 13 heavy (non-hydrogen) atoms. The van der Waals surface area contributed by atoms with Crippen LogP contribution in [0.25, 0.3) is 0 Å². The lowest BCUT2D eigenvalue weighted by Gasteiger charge is -2.26. The second-order valence-electron chi connectivity index (χ2n) is 4.20. The Morgan fingerprint density at radius 3 is 2.85 bits per heavy atom. The second kappa shape index (κ2) is 5.58. The lowest BCUT2D eigenvalue weighted by molar-refractivity contribution is 0.209. The maximum Gasteiger partial charge on any atom is 0.0223 e. The zero-order chi connectivity index (χ0) is 9.68. The van der Waals surface area contributed by atoms with E-state index in [9.17, 15) is 0 Å². The van der Waals surface area contributed by atoms with E-state index in [1.165, 1.54) is 32.5 Å². The molecule has 1 N–H and O–H groups in total. The molecule has 3 heteroatoms. The maximum atomic E-state index is 3.21. The summed E-state index contributed by atoms with van der Waals surface area (Å²) in [6.45, 7) is 4.82. The van der Waals surface area contributed by atoms with Crippen LogP contribution in [-0.2, 0) is 0 Å². The minimum Gasteiger partial charge on any atom is -0.318 e. The Kier molecular flexibility index (Phi) is 4.70. The van der Waals surface area contributed by atoms with Gasteiger partial charge in [0.25, 0.3) is 0 Å². The number of hydrogen-bond donors (Lipinski definition) is 1. The third-order valence-corrected chi connectivity index (χ3v) is 2.72. The molecule has 0 aromatic carbocycles. The Labute approximate surface area is 82.1 Å². The summed E-state index contributed by atoms with van der Waals surface area (Å²) < 4.78 is 0. The third kappa shape index (κ3) is 3.63. The van der Waals surface area contributed by atoms with Crippen molar-refractivity contribution in [3.8, 4) is 0 Å². The highest BCUT2D eigenvalue weighted by Gasteiger charge is 2.23. The Balaban J connectivity index is 2.26. The van der Waals surface area contributed by atoms with Gasteiger partial charge in [0.1, 0.15) is 0 Å². The highest BCUT2D eigenvalue weighted by atomic mass is 15.2. The minimum absolute atomic E-state index is 0.795. The fourth-order valence-corrected chi connectivity index (χ4v) is 2.07. The summed E-state index contributed by atoms with van der Waals surface area (Å²) in [5.74, 6) is 0. The van der Waals surface area contributed by atoms with Crippen LogP contribution < -0.4 is 5.32 Å². The number of nitrogens with one attached hydrogen (secondary N) is 1. The molecule has 1 atom stereocenters. The molecule has 0 aromatic rings. The summed E-state index contributed by atoms with van der Waals surface area (Å²) in [5.41, 5.74) is 0. The molecule has 0 amide bonds. The zero-order valence-corrected chi connectivity index (χ0v) is 9.21. The third-order valence-electron chi connectivity index (χ3n) is 2.72. The molecule has 0 aromatic heterocycles. The SMILES string of the molecule is CNCCN1CCC[C@@H]1CN(C)C. The second-order valence-corrected chi connectivity index (χ2v) is 4.20. The first kappa shape index (κ1) is 11.0. The Hall–Kier alpha value is -0.120. The first-order valence-corrected chi connectivity index (χ1v) is 5.27. The van der Waals surface area contributed by atoms with Gasteiger partial charge in [-0.1, -0.05) is 0 Å². The molecule has 0 spiro atoms. The first-order chi connectivity index (χ1) is 6.24. The van der Waals surface area contributed by atoms with Crippen molar-refractivity contribution < 1.29 is 0 Å². The number of rotatable bonds is 5. The van der Waals surface area contributed by atoms with E-state index in [0.717, 1.165) is 12.6 Å². The molecule has 1 aliphatic heterocycles. The molecular formula is C10H23N3. The van der Waals surface area contributed by atoms with Crippen molar-refractivity contribution in [1.29, 1.82) is 0 Å². The van der Waals surface area contributed by atoms with Gasteiger partial charge in [-0.25, -0.2) is 0 Å². The van der Waals surface area contributed by atoms with Crippen molar-refractivity contribution >= 4 is 0 Å². The highest BCUT2D eigenvalue weighted by Crippen LogP contribution is 2.16. The average molecular weight is 185 g/mol. The molecule has 1 saturated heterocycles. The zero-order valence-electron chi connectivity index (χ0n) is 9.21. The van der Waals surface area contributed by atoms with E-state index in [-0.39, 0.29) is 0 Å². The number of likely N-dealkylation sites (N-methyl/N-ethyl adjacent to an activating group) is 2. The maximum absolute atomic E-state index is 3.21. The standard InChI is InChI=1S/C10H23N3/c1-11-6-8-13-7-4-5-10(13)9-12(2)3/h10-11H,4-9H2,1-3H3/t10-/m1/s1. The summed E-state index contributed by atoms with van der Waals surface area (Å²) in [7, 11) is 6.35. The van der Waals surface area contributed by atoms with Crippen LogP contribution in [0.1, 0.15) is 12.8 Å². The van der Waals surface area contributed by atoms with Gasteiger partial charge in [-0.2, -0.15) is 0 Å². The van der Waals surface area contributed by atoms with Gasteiger partial charge in [0.2, 0.25) is 0 Å². The molecule has 78 valence electrons. The molecule has 1 heterocycles. The molecule has 1 fully saturated rings. The van der Waals surface area contributed by atoms with Crippen molar-refractivity contribution in [3.05, 3.63) is 0 Å². The largest absolute Gasteiger partial charge is 0.318 e. The van der Waals surface area contributed by atoms with Gasteiger partial charge in [0.15, 0.2) is 0 Å². The van der Waals surface area contributed by atoms with Gasteiger partial charge in [0.05, 0.1) is 0 Å². The summed E-state index contributed by atoms with van der Waals surface area (Å²) >= 11 is 0. The summed E-state index contributed by atoms with van der Waals surface area (Å²) in [6, 6.07) is 0.795. The lowest BCUT2D eigenvalue weighted by atomic mass is 10.2. The lowest BCUT2D eigenvalue weighted by Crippen LogP contribution is -2.40. The van der Waals surface area contributed by atoms with E-state index >= 15 is 0 Å². The van der Waals surface area contributed by atoms with E-state index in [1.807, 2.05) is 7.05 Å². The van der Waals surface area contributed by atoms with Crippen molar-refractivity contribution in [2.24, 2.45) is 0 Å². The van der Waals surface area contributed by atoms with Crippen molar-refractivity contribution in [3.63, 3.8) is 0 Å². The molecule has 0 saturated carbocycles. The molecule has 1 rings (SSSR count). The van der Waals surface area contributed by atoms with E-state index in [1.54, 1.807) is 0 Å². The van der Waals surface area contributed by atoms with E-state index in [0.29, 0.717) is 0 Å². The Morgan fingerprint density at radius 2 is 2.23 bits per heavy atom. The molecule has 1 aliphatic rings. The summed E-state index contributed by atoms with van der Waals surface area (Å²) in [6.07, 6.45) is 2.75. The van der Waals surface area contributed by atoms with Crippen LogP contribution in [0.2, 0.25) is 0 Å². The van der Waals surface area contributed by atoms with Crippen LogP contribution in [0.5, 0.6) is 0 Å². The molecular weight excluding hydrogens is 162 g/mol. The fourth-order valence-electron chi connectivity index (χ4n) is 2.07. The molecule has 0 radical (unpaired) electrons. The molecule has 3 nitrogen and oxygen atoms in total. The summed E-state index contributed by atoms with van der Waals surface area (Å²) in [4.78, 5) is 4.90. The van der Waals surface area contributed by atoms with Crippen molar-refractivity contribution in [2.45, 2.75) is 18.9 Å². The van der Waals surface area contributed by atoms with Gasteiger partial charge in [0, 0.05) is 25.7 Å². The van der Waals surface area contributed by atoms with E-state index in [2.05, 4.69) is 29.2 Å². The van der Waals surface area contributed by atoms with Crippen LogP contribution in [-0.4, -0.2) is 63.2 Å². The fraction of sp³-hybridized carbons (Fsp3) is 1.00. The van der Waals surface area contributed by atoms with Crippen LogP contribution in [0, 0.1) is 0 Å². The van der Waals surface area contributed by atoms with Gasteiger partial charge in [-0.05, 0) is 40.5 Å². The Morgan fingerprint density at radius 1 is 1.46 bits per heavy atom. The normalized spacial score (nSPS) is 24.5. The summed E-state index contributed by atoms with van der Waals surface area (Å²) in [5, 5.41) is 3.21. The smallest absolute Gasteiger partial charge is 0.0223 e. The van der Waals surface area contributed by atoms with Gasteiger partial charge in [-0.15, -0.1) is 0 Å². The topological polar surface area (TPSA) is 18.5 Å². The predicted octanol–water partition coefficient (Wildman–Crippen LogP) is 0.232. The number of nitrogens with zero attached hydrogens (tertiary/aromatic N) is 2. The predicted molar refractivity (Wildman–Crippen MR) is 57.1 cm³/mol. The van der Waals surface area contributed by atoms with Crippen LogP contribution in [0.15, 0.2) is 0 Å². The monoisotopic (exact) mass is 185 g/mol. The van der Waals surface area contributed by atoms with Gasteiger partial charge < -0.3 is 10.2 Å². The van der Waals surface area contributed by atoms with Crippen molar-refractivity contribution in [1.82, 2.24) is 15.1 Å². The van der Waals surface area contributed by atoms with Gasteiger partial charge >= 0.3 is 0 Å². The van der Waals surface area contributed by atoms with Crippen LogP contribution in [0.3, 0.4) is 0 Å². The number of hydrogen-bond acceptors (Lipinski definition) is 3. The highest BCUT2D eigenvalue weighted by molar-refractivity contribution is 4.80. The van der Waals surface area contributed by atoms with Crippen molar-refractivity contribution in [2.75, 3.05) is 47.3 Å². The van der Waals surface area contributed by atoms with E-state index < -0.39 is 0 Å². The minimum atomic E-state index is 0.795. The quantitative estimate of drug-likeness (QED) is 0.661. The number of likely N-dealkylation sites (tertiary alicyclic amines) is 1.